The van der Waals surface area contributed by atoms with Gasteiger partial charge in [-0.1, -0.05) is 36.4 Å². The number of rotatable bonds is 23. The van der Waals surface area contributed by atoms with Crippen LogP contribution < -0.4 is 4.90 Å². The van der Waals surface area contributed by atoms with E-state index in [0.29, 0.717) is 58.4 Å². The second-order valence-electron chi connectivity index (χ2n) is 19.4. The molecule has 0 saturated carbocycles. The summed E-state index contributed by atoms with van der Waals surface area (Å²) in [4.78, 5) is 39.5. The van der Waals surface area contributed by atoms with E-state index in [1.54, 1.807) is 74.3 Å². The lowest BCUT2D eigenvalue weighted by Gasteiger charge is -2.30. The van der Waals surface area contributed by atoms with Gasteiger partial charge in [-0.25, -0.2) is 46.9 Å². The average Bonchev–Trinajstić information content (AvgIpc) is 2.98. The van der Waals surface area contributed by atoms with E-state index in [1.165, 1.54) is 25.3 Å². The third kappa shape index (κ3) is 12.8. The van der Waals surface area contributed by atoms with Gasteiger partial charge in [0.2, 0.25) is 5.69 Å². The summed E-state index contributed by atoms with van der Waals surface area (Å²) in [5.74, 6) is -2.82. The monoisotopic (exact) mass is 1190 g/mol. The number of hydroxylamine groups is 2. The summed E-state index contributed by atoms with van der Waals surface area (Å²) in [7, 11) is -24.6. The van der Waals surface area contributed by atoms with Crippen LogP contribution >= 0.6 is 0 Å². The summed E-state index contributed by atoms with van der Waals surface area (Å²) in [6, 6.07) is 8.76. The van der Waals surface area contributed by atoms with Gasteiger partial charge in [-0.3, -0.25) is 9.59 Å². The van der Waals surface area contributed by atoms with Gasteiger partial charge in [0.05, 0.1) is 35.1 Å². The van der Waals surface area contributed by atoms with E-state index in [9.17, 15) is 79.2 Å². The number of ether oxygens (including phenoxy) is 1. The molecule has 0 radical (unpaired) electrons. The molecular formula is C51H53N3O20S5-4. The van der Waals surface area contributed by atoms with Crippen LogP contribution in [0.4, 0.5) is 11.4 Å². The molecule has 23 nitrogen and oxygen atoms in total. The molecule has 2 atom stereocenters. The number of fused-ring (bicyclic) bond motifs is 6. The second-order valence-corrected chi connectivity index (χ2v) is 26.3. The molecule has 7 rings (SSSR count). The number of nitrogens with zero attached hydrogens (tertiary/aromatic N) is 3. The standard InChI is InChI=1S/C51H57N3O20S5/c1-5-52-39-20-18-35-37(29-33(76(61,62)63)31-41(35)78(67,68)69)48(39)50(2,24-14-28-75(58,59)60)43(52)15-10-7-6-8-11-16-44-51(3,25-27-73-4)49-38-30-34(77(64,65)66)32-42(79(70,71)72)36(38)19-21-40(49)53(44)26-13-9-12-17-47(57)74-54-45(55)22-23-46(54)56/h6-8,10-11,15-16,18-21,29-32H,5,9,12-14,17,22-28H2,1-4H3,(H4-,58,59,60,61,62,63,64,65,66,67,68,69,70,71,72)/p-4. The number of methoxy groups -OCH3 is 1. The molecule has 2 unspecified atom stereocenters. The van der Waals surface area contributed by atoms with Gasteiger partial charge in [-0.15, -0.1) is 5.06 Å². The predicted molar refractivity (Wildman–Crippen MR) is 279 cm³/mol. The maximum atomic E-state index is 12.6. The zero-order chi connectivity index (χ0) is 58.3. The SMILES string of the molecule is CCN1/C(=C/C=C/C=C/C=C/C2=[N+](CCCCCC(=O)ON3C(=O)CCC3=O)c3ccc4c(S(=O)(=O)[O-])cc(S(=O)(=O)[O-])cc4c3C2(C)CCOC)C(C)(CCCS(=O)(=O)[O-])c2c1ccc1c(S(=O)(=O)[O-])cc(S(=O)(=O)[O-])cc21. The number of hydrogen-bond acceptors (Lipinski definition) is 21. The highest BCUT2D eigenvalue weighted by Gasteiger charge is 2.49. The van der Waals surface area contributed by atoms with Gasteiger partial charge in [-0.2, -0.15) is 4.58 Å². The minimum absolute atomic E-state index is 0.00714. The highest BCUT2D eigenvalue weighted by atomic mass is 32.2. The van der Waals surface area contributed by atoms with Crippen molar-refractivity contribution in [1.29, 1.82) is 0 Å². The zero-order valence-corrected chi connectivity index (χ0v) is 47.0. The molecule has 0 N–H and O–H groups in total. The molecule has 4 aromatic carbocycles. The molecule has 426 valence electrons. The number of amides is 2. The van der Waals surface area contributed by atoms with Crippen LogP contribution in [0.25, 0.3) is 21.5 Å². The van der Waals surface area contributed by atoms with E-state index in [2.05, 4.69) is 0 Å². The number of unbranched alkanes of at least 4 members (excludes halogenated alkanes) is 2. The number of likely N-dealkylation sites (N-methyl/N-ethyl adjacent to an activating group) is 1. The third-order valence-corrected chi connectivity index (χ3v) is 18.4. The highest BCUT2D eigenvalue weighted by Crippen LogP contribution is 2.54. The number of benzene rings is 4. The summed E-state index contributed by atoms with van der Waals surface area (Å²) in [5, 5.41) is 0.0797. The number of allylic oxidation sites excluding steroid dienone is 8. The van der Waals surface area contributed by atoms with Gasteiger partial charge in [-0.05, 0) is 117 Å². The molecule has 0 spiro atoms. The van der Waals surface area contributed by atoms with Gasteiger partial charge in [0.25, 0.3) is 11.8 Å². The molecular weight excluding hydrogens is 1130 g/mol. The molecule has 0 bridgehead atoms. The van der Waals surface area contributed by atoms with Crippen LogP contribution in [0.5, 0.6) is 0 Å². The van der Waals surface area contributed by atoms with Crippen LogP contribution in [-0.4, -0.2) is 131 Å². The molecule has 4 aromatic rings. The van der Waals surface area contributed by atoms with E-state index in [4.69, 9.17) is 9.57 Å². The molecule has 2 amide bonds. The van der Waals surface area contributed by atoms with E-state index in [0.717, 1.165) is 12.1 Å². The summed E-state index contributed by atoms with van der Waals surface area (Å²) in [5.41, 5.74) is 0.207. The van der Waals surface area contributed by atoms with Crippen molar-refractivity contribution >= 4 is 107 Å². The Balaban J connectivity index is 1.28. The maximum Gasteiger partial charge on any atom is 0.333 e. The van der Waals surface area contributed by atoms with Gasteiger partial charge in [0.15, 0.2) is 5.71 Å². The number of hydrogen-bond donors (Lipinski definition) is 0. The molecule has 3 aliphatic rings. The maximum absolute atomic E-state index is 12.6. The van der Waals surface area contributed by atoms with Gasteiger partial charge >= 0.3 is 5.97 Å². The zero-order valence-electron chi connectivity index (χ0n) is 42.9. The van der Waals surface area contributed by atoms with Crippen molar-refractivity contribution in [2.45, 2.75) is 109 Å². The van der Waals surface area contributed by atoms with Crippen molar-refractivity contribution in [3.63, 3.8) is 0 Å². The fourth-order valence-electron chi connectivity index (χ4n) is 10.7. The summed E-state index contributed by atoms with van der Waals surface area (Å²) < 4.78 is 193. The fourth-order valence-corrected chi connectivity index (χ4v) is 13.8. The van der Waals surface area contributed by atoms with E-state index >= 15 is 0 Å². The van der Waals surface area contributed by atoms with Crippen molar-refractivity contribution in [3.8, 4) is 0 Å². The quantitative estimate of drug-likeness (QED) is 0.0315. The second kappa shape index (κ2) is 22.8. The lowest BCUT2D eigenvalue weighted by atomic mass is 9.75. The first-order valence-electron chi connectivity index (χ1n) is 24.5. The Hall–Kier alpha value is -6.05. The Morgan fingerprint density at radius 3 is 1.76 bits per heavy atom. The largest absolute Gasteiger partial charge is 0.748 e. The molecule has 3 aliphatic heterocycles. The number of imide groups is 1. The van der Waals surface area contributed by atoms with Crippen molar-refractivity contribution in [2.75, 3.05) is 37.5 Å². The Bertz CT molecular complexity index is 3930. The number of carbonyl (C=O) groups is 3. The van der Waals surface area contributed by atoms with Crippen LogP contribution in [0, 0.1) is 0 Å². The number of carbonyl (C=O) groups excluding carboxylic acids is 3. The minimum atomic E-state index is -5.36. The lowest BCUT2D eigenvalue weighted by Crippen LogP contribution is -2.33. The van der Waals surface area contributed by atoms with Crippen molar-refractivity contribution in [2.24, 2.45) is 0 Å². The average molecular weight is 1190 g/mol. The first kappa shape index (κ1) is 60.6. The predicted octanol–water partition coefficient (Wildman–Crippen LogP) is 4.85. The Kier molecular flexibility index (Phi) is 17.5. The molecule has 0 aromatic heterocycles. The summed E-state index contributed by atoms with van der Waals surface area (Å²) in [6.45, 7) is 5.85. The smallest absolute Gasteiger partial charge is 0.333 e. The van der Waals surface area contributed by atoms with Crippen molar-refractivity contribution in [1.82, 2.24) is 5.06 Å². The summed E-state index contributed by atoms with van der Waals surface area (Å²) >= 11 is 0. The highest BCUT2D eigenvalue weighted by molar-refractivity contribution is 7.87. The molecule has 28 heteroatoms. The molecule has 79 heavy (non-hydrogen) atoms. The topological polar surface area (TPSA) is 365 Å². The minimum Gasteiger partial charge on any atom is -0.748 e. The first-order chi connectivity index (χ1) is 36.8. The van der Waals surface area contributed by atoms with E-state index < -0.39 is 105 Å². The van der Waals surface area contributed by atoms with Crippen LogP contribution in [0.1, 0.15) is 89.7 Å². The third-order valence-electron chi connectivity index (χ3n) is 14.2. The fraction of sp³-hybridized carbons (Fsp3) is 0.373. The van der Waals surface area contributed by atoms with Gasteiger partial charge in [0.1, 0.15) is 47.0 Å². The molecule has 3 heterocycles. The Morgan fingerprint density at radius 1 is 0.658 bits per heavy atom. The van der Waals surface area contributed by atoms with E-state index in [-0.39, 0.29) is 91.8 Å². The van der Waals surface area contributed by atoms with Crippen LogP contribution in [0.15, 0.2) is 116 Å². The lowest BCUT2D eigenvalue weighted by molar-refractivity contribution is -0.438. The van der Waals surface area contributed by atoms with Gasteiger partial charge < -0.3 is 37.2 Å². The first-order valence-corrected chi connectivity index (χ1v) is 31.7. The summed E-state index contributed by atoms with van der Waals surface area (Å²) in [6.07, 6.45) is 12.4. The Morgan fingerprint density at radius 2 is 1.22 bits per heavy atom. The normalized spacial score (nSPS) is 19.9. The molecule has 0 aliphatic carbocycles. The van der Waals surface area contributed by atoms with Crippen LogP contribution in [0.2, 0.25) is 0 Å². The number of anilines is 1. The molecule has 1 saturated heterocycles. The molecule has 1 fully saturated rings. The van der Waals surface area contributed by atoms with Crippen LogP contribution in [0.3, 0.4) is 0 Å². The van der Waals surface area contributed by atoms with E-state index in [1.807, 2.05) is 4.58 Å². The van der Waals surface area contributed by atoms with Crippen molar-refractivity contribution in [3.05, 3.63) is 108 Å². The van der Waals surface area contributed by atoms with Crippen LogP contribution in [-0.2, 0) is 85.4 Å². The Labute approximate surface area is 457 Å². The van der Waals surface area contributed by atoms with Gasteiger partial charge in [0, 0.05) is 91.6 Å². The van der Waals surface area contributed by atoms with Crippen molar-refractivity contribution < 1.29 is 93.4 Å².